The summed E-state index contributed by atoms with van der Waals surface area (Å²) in [6.45, 7) is 1.16. The summed E-state index contributed by atoms with van der Waals surface area (Å²) in [5.74, 6) is -2.95. The van der Waals surface area contributed by atoms with Crippen molar-refractivity contribution >= 4 is 34.8 Å². The third kappa shape index (κ3) is 3.65. The predicted molar refractivity (Wildman–Crippen MR) is 85.8 cm³/mol. The van der Waals surface area contributed by atoms with Crippen LogP contribution in [0.1, 0.15) is 6.92 Å². The Morgan fingerprint density at radius 1 is 1.09 bits per heavy atom. The number of nitrogens with one attached hydrogen (secondary N) is 1. The highest BCUT2D eigenvalue weighted by Gasteiger charge is 2.27. The molecule has 0 atom stereocenters. The molecule has 4 N–H and O–H groups in total. The minimum Gasteiger partial charge on any atom is -0.506 e. The Morgan fingerprint density at radius 2 is 1.78 bits per heavy atom. The van der Waals surface area contributed by atoms with Gasteiger partial charge in [0, 0.05) is 12.6 Å². The van der Waals surface area contributed by atoms with E-state index in [-0.39, 0.29) is 17.1 Å². The van der Waals surface area contributed by atoms with E-state index >= 15 is 0 Å². The Morgan fingerprint density at radius 3 is 2.39 bits per heavy atom. The Balaban J connectivity index is 2.26. The Bertz CT molecular complexity index is 773. The first-order chi connectivity index (χ1) is 10.9. The number of nitrogen functional groups attached to an aromatic ring is 1. The van der Waals surface area contributed by atoms with Crippen LogP contribution in [0.5, 0.6) is 5.75 Å². The highest BCUT2D eigenvalue weighted by atomic mass is 16.3. The van der Waals surface area contributed by atoms with Crippen molar-refractivity contribution in [3.05, 3.63) is 48.5 Å². The second-order valence-electron chi connectivity index (χ2n) is 4.73. The number of phenols is 1. The average Bonchev–Trinajstić information content (AvgIpc) is 2.49. The lowest BCUT2D eigenvalue weighted by Gasteiger charge is -2.19. The summed E-state index contributed by atoms with van der Waals surface area (Å²) >= 11 is 0. The van der Waals surface area contributed by atoms with Crippen LogP contribution in [0.2, 0.25) is 0 Å². The van der Waals surface area contributed by atoms with E-state index in [0.717, 1.165) is 6.92 Å². The number of hydrogen-bond acceptors (Lipinski definition) is 5. The Kier molecular flexibility index (Phi) is 4.61. The number of aromatic hydroxyl groups is 1. The number of benzene rings is 2. The molecule has 23 heavy (non-hydrogen) atoms. The van der Waals surface area contributed by atoms with E-state index in [1.807, 2.05) is 0 Å². The zero-order chi connectivity index (χ0) is 17.0. The summed E-state index contributed by atoms with van der Waals surface area (Å²) in [6.07, 6.45) is 0. The number of para-hydroxylation sites is 2. The minimum absolute atomic E-state index is 0.0712. The van der Waals surface area contributed by atoms with Gasteiger partial charge in [-0.3, -0.25) is 14.4 Å². The smallest absolute Gasteiger partial charge is 0.323 e. The van der Waals surface area contributed by atoms with E-state index in [1.165, 1.54) is 24.3 Å². The number of nitrogens with zero attached hydrogens (tertiary/aromatic N) is 1. The monoisotopic (exact) mass is 313 g/mol. The third-order valence-electron chi connectivity index (χ3n) is 2.99. The molecule has 2 rings (SSSR count). The minimum atomic E-state index is -1.08. The number of imide groups is 1. The number of anilines is 3. The molecule has 3 amide bonds. The fourth-order valence-corrected chi connectivity index (χ4v) is 1.96. The van der Waals surface area contributed by atoms with Crippen molar-refractivity contribution in [1.29, 1.82) is 0 Å². The van der Waals surface area contributed by atoms with Crippen LogP contribution in [0, 0.1) is 0 Å². The van der Waals surface area contributed by atoms with Crippen LogP contribution >= 0.6 is 0 Å². The largest absolute Gasteiger partial charge is 0.506 e. The summed E-state index contributed by atoms with van der Waals surface area (Å²) in [6, 6.07) is 12.0. The summed E-state index contributed by atoms with van der Waals surface area (Å²) < 4.78 is 0. The molecule has 2 aromatic rings. The van der Waals surface area contributed by atoms with Crippen LogP contribution in [0.3, 0.4) is 0 Å². The zero-order valence-corrected chi connectivity index (χ0v) is 12.3. The molecule has 7 nitrogen and oxygen atoms in total. The molecule has 0 unspecified atom stereocenters. The number of hydrogen-bond donors (Lipinski definition) is 3. The van der Waals surface area contributed by atoms with E-state index in [4.69, 9.17) is 5.73 Å². The zero-order valence-electron chi connectivity index (χ0n) is 12.3. The molecule has 0 spiro atoms. The second-order valence-corrected chi connectivity index (χ2v) is 4.73. The van der Waals surface area contributed by atoms with Crippen LogP contribution in [0.15, 0.2) is 48.5 Å². The molecule has 0 saturated heterocycles. The molecule has 0 radical (unpaired) electrons. The van der Waals surface area contributed by atoms with Crippen molar-refractivity contribution in [3.8, 4) is 5.75 Å². The molecule has 0 bridgehead atoms. The average molecular weight is 313 g/mol. The van der Waals surface area contributed by atoms with Crippen molar-refractivity contribution in [3.63, 3.8) is 0 Å². The van der Waals surface area contributed by atoms with Crippen molar-refractivity contribution in [2.75, 3.05) is 16.0 Å². The molecule has 0 aliphatic rings. The molecule has 0 aliphatic carbocycles. The van der Waals surface area contributed by atoms with E-state index in [9.17, 15) is 19.5 Å². The maximum absolute atomic E-state index is 12.3. The number of rotatable bonds is 2. The van der Waals surface area contributed by atoms with Gasteiger partial charge >= 0.3 is 11.8 Å². The van der Waals surface area contributed by atoms with Crippen LogP contribution in [-0.4, -0.2) is 22.8 Å². The van der Waals surface area contributed by atoms with Gasteiger partial charge in [-0.2, -0.15) is 0 Å². The standard InChI is InChI=1S/C16H15N3O4/c1-10(20)19(12-6-4-5-11(17)9-12)16(23)15(22)18-13-7-2-3-8-14(13)21/h2-9,21H,17H2,1H3,(H,18,22). The van der Waals surface area contributed by atoms with E-state index in [1.54, 1.807) is 24.3 Å². The van der Waals surface area contributed by atoms with Gasteiger partial charge in [0.25, 0.3) is 0 Å². The van der Waals surface area contributed by atoms with Crippen LogP contribution < -0.4 is 16.0 Å². The molecular formula is C16H15N3O4. The molecule has 118 valence electrons. The van der Waals surface area contributed by atoms with Crippen molar-refractivity contribution < 1.29 is 19.5 Å². The molecule has 0 fully saturated rings. The Labute approximate surface area is 132 Å². The van der Waals surface area contributed by atoms with Crippen LogP contribution in [0.25, 0.3) is 0 Å². The molecule has 0 heterocycles. The van der Waals surface area contributed by atoms with Gasteiger partial charge in [-0.05, 0) is 30.3 Å². The fraction of sp³-hybridized carbons (Fsp3) is 0.0625. The number of carbonyl (C=O) groups is 3. The predicted octanol–water partition coefficient (Wildman–Crippen LogP) is 1.49. The summed E-state index contributed by atoms with van der Waals surface area (Å²) in [4.78, 5) is 36.8. The van der Waals surface area contributed by atoms with Crippen molar-refractivity contribution in [2.24, 2.45) is 0 Å². The van der Waals surface area contributed by atoms with Crippen LogP contribution in [-0.2, 0) is 14.4 Å². The van der Waals surface area contributed by atoms with Crippen LogP contribution in [0.4, 0.5) is 17.1 Å². The lowest BCUT2D eigenvalue weighted by molar-refractivity contribution is -0.136. The van der Waals surface area contributed by atoms with Gasteiger partial charge < -0.3 is 16.2 Å². The second kappa shape index (κ2) is 6.61. The van der Waals surface area contributed by atoms with Gasteiger partial charge in [0.15, 0.2) is 0 Å². The molecular weight excluding hydrogens is 298 g/mol. The topological polar surface area (TPSA) is 113 Å². The molecule has 0 saturated carbocycles. The van der Waals surface area contributed by atoms with E-state index in [2.05, 4.69) is 5.32 Å². The van der Waals surface area contributed by atoms with Gasteiger partial charge in [-0.25, -0.2) is 4.90 Å². The summed E-state index contributed by atoms with van der Waals surface area (Å²) in [5.41, 5.74) is 6.24. The fourth-order valence-electron chi connectivity index (χ4n) is 1.96. The van der Waals surface area contributed by atoms with E-state index in [0.29, 0.717) is 10.6 Å². The molecule has 2 aromatic carbocycles. The normalized spacial score (nSPS) is 9.96. The number of nitrogens with two attached hydrogens (primary N) is 1. The highest BCUT2D eigenvalue weighted by Crippen LogP contribution is 2.22. The van der Waals surface area contributed by atoms with Gasteiger partial charge in [-0.15, -0.1) is 0 Å². The molecule has 7 heteroatoms. The SMILES string of the molecule is CC(=O)N(C(=O)C(=O)Nc1ccccc1O)c1cccc(N)c1. The first-order valence-corrected chi connectivity index (χ1v) is 6.69. The Hall–Kier alpha value is -3.35. The quantitative estimate of drug-likeness (QED) is 0.442. The summed E-state index contributed by atoms with van der Waals surface area (Å²) in [7, 11) is 0. The first kappa shape index (κ1) is 16.0. The van der Waals surface area contributed by atoms with E-state index < -0.39 is 17.7 Å². The maximum Gasteiger partial charge on any atom is 0.323 e. The van der Waals surface area contributed by atoms with Gasteiger partial charge in [0.05, 0.1) is 11.4 Å². The highest BCUT2D eigenvalue weighted by molar-refractivity contribution is 6.48. The summed E-state index contributed by atoms with van der Waals surface area (Å²) in [5, 5.41) is 11.9. The molecule has 0 aromatic heterocycles. The van der Waals surface area contributed by atoms with Gasteiger partial charge in [0.2, 0.25) is 5.91 Å². The number of amides is 3. The van der Waals surface area contributed by atoms with Crippen molar-refractivity contribution in [2.45, 2.75) is 6.92 Å². The maximum atomic E-state index is 12.3. The molecule has 0 aliphatic heterocycles. The third-order valence-corrected chi connectivity index (χ3v) is 2.99. The lowest BCUT2D eigenvalue weighted by atomic mass is 10.2. The van der Waals surface area contributed by atoms with Crippen molar-refractivity contribution in [1.82, 2.24) is 0 Å². The number of carbonyl (C=O) groups excluding carboxylic acids is 3. The van der Waals surface area contributed by atoms with Gasteiger partial charge in [-0.1, -0.05) is 18.2 Å². The number of phenolic OH excluding ortho intramolecular Hbond substituents is 1. The lowest BCUT2D eigenvalue weighted by Crippen LogP contribution is -2.42. The van der Waals surface area contributed by atoms with Gasteiger partial charge in [0.1, 0.15) is 5.75 Å². The first-order valence-electron chi connectivity index (χ1n) is 6.69.